The van der Waals surface area contributed by atoms with Crippen LogP contribution in [0.4, 0.5) is 5.69 Å². The molecule has 1 aliphatic carbocycles. The predicted octanol–water partition coefficient (Wildman–Crippen LogP) is 2.94. The Morgan fingerprint density at radius 3 is 2.43 bits per heavy atom. The summed E-state index contributed by atoms with van der Waals surface area (Å²) in [6.07, 6.45) is 2.23. The minimum atomic E-state index is -4.00. The Kier molecular flexibility index (Phi) is 5.64. The van der Waals surface area contributed by atoms with Gasteiger partial charge in [-0.1, -0.05) is 48.5 Å². The lowest BCUT2D eigenvalue weighted by Gasteiger charge is -2.32. The SMILES string of the molecule is O=C(O)C1=CC2(CCC1S(=O)(=O)Nc1ccccc1Cc1ccccc1)OCCO2. The molecule has 2 aromatic carbocycles. The summed E-state index contributed by atoms with van der Waals surface area (Å²) in [4.78, 5) is 11.8. The Morgan fingerprint density at radius 1 is 1.07 bits per heavy atom. The smallest absolute Gasteiger partial charge is 0.332 e. The van der Waals surface area contributed by atoms with Crippen LogP contribution in [0.1, 0.15) is 24.0 Å². The minimum Gasteiger partial charge on any atom is -0.478 e. The first-order chi connectivity index (χ1) is 14.4. The number of carbonyl (C=O) groups is 1. The van der Waals surface area contributed by atoms with E-state index in [1.165, 1.54) is 6.08 Å². The van der Waals surface area contributed by atoms with E-state index in [0.29, 0.717) is 25.3 Å². The highest BCUT2D eigenvalue weighted by Gasteiger charge is 2.45. The molecule has 0 aromatic heterocycles. The van der Waals surface area contributed by atoms with Crippen LogP contribution in [0.15, 0.2) is 66.2 Å². The first-order valence-electron chi connectivity index (χ1n) is 9.76. The van der Waals surface area contributed by atoms with Gasteiger partial charge in [-0.3, -0.25) is 4.72 Å². The van der Waals surface area contributed by atoms with Crippen molar-refractivity contribution >= 4 is 21.7 Å². The van der Waals surface area contributed by atoms with Crippen LogP contribution in [-0.4, -0.2) is 43.7 Å². The number of nitrogens with one attached hydrogen (secondary N) is 1. The number of sulfonamides is 1. The lowest BCUT2D eigenvalue weighted by Crippen LogP contribution is -2.42. The highest BCUT2D eigenvalue weighted by molar-refractivity contribution is 7.93. The van der Waals surface area contributed by atoms with Crippen molar-refractivity contribution < 1.29 is 27.8 Å². The maximum Gasteiger partial charge on any atom is 0.332 e. The van der Waals surface area contributed by atoms with E-state index in [4.69, 9.17) is 9.47 Å². The van der Waals surface area contributed by atoms with E-state index in [1.807, 2.05) is 42.5 Å². The summed E-state index contributed by atoms with van der Waals surface area (Å²) in [5.41, 5.74) is 2.07. The summed E-state index contributed by atoms with van der Waals surface area (Å²) in [5, 5.41) is 8.46. The molecule has 1 unspecified atom stereocenters. The van der Waals surface area contributed by atoms with Gasteiger partial charge in [-0.25, -0.2) is 13.2 Å². The van der Waals surface area contributed by atoms with Gasteiger partial charge < -0.3 is 14.6 Å². The van der Waals surface area contributed by atoms with Gasteiger partial charge in [-0.2, -0.15) is 0 Å². The second-order valence-electron chi connectivity index (χ2n) is 7.41. The molecule has 1 saturated heterocycles. The van der Waals surface area contributed by atoms with E-state index >= 15 is 0 Å². The maximum absolute atomic E-state index is 13.2. The fourth-order valence-corrected chi connectivity index (χ4v) is 5.50. The summed E-state index contributed by atoms with van der Waals surface area (Å²) < 4.78 is 40.1. The summed E-state index contributed by atoms with van der Waals surface area (Å²) >= 11 is 0. The van der Waals surface area contributed by atoms with Crippen molar-refractivity contribution in [2.75, 3.05) is 17.9 Å². The zero-order valence-electron chi connectivity index (χ0n) is 16.3. The van der Waals surface area contributed by atoms with E-state index in [0.717, 1.165) is 11.1 Å². The maximum atomic E-state index is 13.2. The number of anilines is 1. The molecule has 2 aliphatic rings. The van der Waals surface area contributed by atoms with Crippen molar-refractivity contribution in [2.45, 2.75) is 30.3 Å². The largest absolute Gasteiger partial charge is 0.478 e. The number of carboxylic acid groups (broad SMARTS) is 1. The van der Waals surface area contributed by atoms with Crippen LogP contribution < -0.4 is 4.72 Å². The summed E-state index contributed by atoms with van der Waals surface area (Å²) in [6, 6.07) is 16.9. The molecule has 8 heteroatoms. The van der Waals surface area contributed by atoms with Crippen LogP contribution >= 0.6 is 0 Å². The minimum absolute atomic E-state index is 0.0916. The Balaban J connectivity index is 1.61. The first kappa shape index (κ1) is 20.6. The lowest BCUT2D eigenvalue weighted by atomic mass is 9.94. The standard InChI is InChI=1S/C22H23NO6S/c24-21(25)18-15-22(28-12-13-29-22)11-10-20(18)30(26,27)23-19-9-5-4-8-17(19)14-16-6-2-1-3-7-16/h1-9,15,20,23H,10-14H2,(H,24,25). The zero-order chi connectivity index (χ0) is 21.2. The first-order valence-corrected chi connectivity index (χ1v) is 11.3. The van der Waals surface area contributed by atoms with E-state index in [-0.39, 0.29) is 18.4 Å². The topological polar surface area (TPSA) is 102 Å². The molecule has 1 heterocycles. The van der Waals surface area contributed by atoms with Gasteiger partial charge >= 0.3 is 5.97 Å². The van der Waals surface area contributed by atoms with Crippen LogP contribution in [0.5, 0.6) is 0 Å². The molecule has 7 nitrogen and oxygen atoms in total. The molecule has 30 heavy (non-hydrogen) atoms. The van der Waals surface area contributed by atoms with Crippen molar-refractivity contribution in [2.24, 2.45) is 0 Å². The molecule has 1 fully saturated rings. The molecule has 2 aromatic rings. The van der Waals surface area contributed by atoms with Crippen LogP contribution in [0.25, 0.3) is 0 Å². The number of carboxylic acids is 1. The van der Waals surface area contributed by atoms with Crippen molar-refractivity contribution in [1.82, 2.24) is 0 Å². The molecular weight excluding hydrogens is 406 g/mol. The fourth-order valence-electron chi connectivity index (χ4n) is 3.92. The molecule has 2 N–H and O–H groups in total. The van der Waals surface area contributed by atoms with Gasteiger partial charge in [-0.15, -0.1) is 0 Å². The highest BCUT2D eigenvalue weighted by atomic mass is 32.2. The molecule has 1 aliphatic heterocycles. The van der Waals surface area contributed by atoms with E-state index < -0.39 is 27.0 Å². The Hall–Kier alpha value is -2.68. The Morgan fingerprint density at radius 2 is 1.73 bits per heavy atom. The summed E-state index contributed by atoms with van der Waals surface area (Å²) in [7, 11) is -4.00. The van der Waals surface area contributed by atoms with Gasteiger partial charge in [-0.05, 0) is 36.1 Å². The Labute approximate surface area is 175 Å². The van der Waals surface area contributed by atoms with Gasteiger partial charge in [0.05, 0.1) is 24.5 Å². The molecule has 0 bridgehead atoms. The van der Waals surface area contributed by atoms with Crippen LogP contribution in [0, 0.1) is 0 Å². The number of rotatable bonds is 6. The van der Waals surface area contributed by atoms with Crippen LogP contribution in [0.3, 0.4) is 0 Å². The third kappa shape index (κ3) is 4.26. The van der Waals surface area contributed by atoms with E-state index in [2.05, 4.69) is 4.72 Å². The molecule has 1 spiro atoms. The number of hydrogen-bond donors (Lipinski definition) is 2. The monoisotopic (exact) mass is 429 g/mol. The molecule has 1 atom stereocenters. The van der Waals surface area contributed by atoms with Gasteiger partial charge in [0.15, 0.2) is 5.79 Å². The lowest BCUT2D eigenvalue weighted by molar-refractivity contribution is -0.138. The highest BCUT2D eigenvalue weighted by Crippen LogP contribution is 2.37. The normalized spacial score (nSPS) is 20.7. The molecular formula is C22H23NO6S. The van der Waals surface area contributed by atoms with Crippen LogP contribution in [0.2, 0.25) is 0 Å². The Bertz CT molecular complexity index is 1060. The van der Waals surface area contributed by atoms with Gasteiger partial charge in [0.2, 0.25) is 10.0 Å². The third-order valence-corrected chi connectivity index (χ3v) is 7.13. The van der Waals surface area contributed by atoms with Gasteiger partial charge in [0.25, 0.3) is 0 Å². The van der Waals surface area contributed by atoms with Crippen molar-refractivity contribution in [3.05, 3.63) is 77.4 Å². The number of aliphatic carboxylic acids is 1. The molecule has 0 saturated carbocycles. The van der Waals surface area contributed by atoms with Crippen molar-refractivity contribution in [1.29, 1.82) is 0 Å². The second kappa shape index (κ2) is 8.22. The second-order valence-corrected chi connectivity index (χ2v) is 9.27. The third-order valence-electron chi connectivity index (χ3n) is 5.38. The number of benzene rings is 2. The van der Waals surface area contributed by atoms with Gasteiger partial charge in [0, 0.05) is 6.42 Å². The summed E-state index contributed by atoms with van der Waals surface area (Å²) in [5.74, 6) is -2.42. The van der Waals surface area contributed by atoms with Crippen molar-refractivity contribution in [3.63, 3.8) is 0 Å². The average molecular weight is 429 g/mol. The number of hydrogen-bond acceptors (Lipinski definition) is 5. The molecule has 0 radical (unpaired) electrons. The molecule has 158 valence electrons. The summed E-state index contributed by atoms with van der Waals surface area (Å²) in [6.45, 7) is 0.706. The fraction of sp³-hybridized carbons (Fsp3) is 0.318. The zero-order valence-corrected chi connectivity index (χ0v) is 17.1. The van der Waals surface area contributed by atoms with Crippen LogP contribution in [-0.2, 0) is 30.7 Å². The average Bonchev–Trinajstić information content (AvgIpc) is 3.17. The van der Waals surface area contributed by atoms with Gasteiger partial charge in [0.1, 0.15) is 5.25 Å². The number of ether oxygens (including phenoxy) is 2. The van der Waals surface area contributed by atoms with Crippen molar-refractivity contribution in [3.8, 4) is 0 Å². The molecule has 4 rings (SSSR count). The molecule has 0 amide bonds. The quantitative estimate of drug-likeness (QED) is 0.732. The van der Waals surface area contributed by atoms with E-state index in [1.54, 1.807) is 12.1 Å². The predicted molar refractivity (Wildman–Crippen MR) is 112 cm³/mol. The van der Waals surface area contributed by atoms with E-state index in [9.17, 15) is 18.3 Å². The number of para-hydroxylation sites is 1.